The van der Waals surface area contributed by atoms with Gasteiger partial charge < -0.3 is 10.2 Å². The van der Waals surface area contributed by atoms with E-state index < -0.39 is 0 Å². The Balaban J connectivity index is 1.32. The molecule has 8 heteroatoms. The maximum Gasteiger partial charge on any atom is 0.269 e. The molecule has 136 valence electrons. The summed E-state index contributed by atoms with van der Waals surface area (Å²) in [4.78, 5) is 35.3. The van der Waals surface area contributed by atoms with Crippen molar-refractivity contribution in [2.45, 2.75) is 38.8 Å². The van der Waals surface area contributed by atoms with Crippen molar-refractivity contribution in [3.8, 4) is 0 Å². The van der Waals surface area contributed by atoms with Crippen molar-refractivity contribution in [1.29, 1.82) is 0 Å². The standard InChI is InChI=1S/C18H22N6O2/c1-12-2-5-19-15(8-12)17(25)20-10-14-4-6-23(14)18(26)13-3-7-24-16(9-13)21-11-22-24/h2,5,8,11,13-14H,3-4,6-7,9-10H2,1H3,(H,20,25). The van der Waals surface area contributed by atoms with E-state index in [0.717, 1.165) is 37.3 Å². The Labute approximate surface area is 151 Å². The number of carbonyl (C=O) groups is 2. The highest BCUT2D eigenvalue weighted by Gasteiger charge is 2.37. The molecule has 8 nitrogen and oxygen atoms in total. The molecule has 26 heavy (non-hydrogen) atoms. The number of carbonyl (C=O) groups excluding carboxylic acids is 2. The zero-order chi connectivity index (χ0) is 18.1. The number of hydrogen-bond acceptors (Lipinski definition) is 5. The molecule has 4 heterocycles. The van der Waals surface area contributed by atoms with Gasteiger partial charge in [-0.05, 0) is 37.5 Å². The number of hydrogen-bond donors (Lipinski definition) is 1. The second-order valence-corrected chi connectivity index (χ2v) is 6.99. The van der Waals surface area contributed by atoms with E-state index in [1.165, 1.54) is 0 Å². The largest absolute Gasteiger partial charge is 0.349 e. The highest BCUT2D eigenvalue weighted by atomic mass is 16.2. The van der Waals surface area contributed by atoms with Gasteiger partial charge in [-0.3, -0.25) is 19.3 Å². The van der Waals surface area contributed by atoms with Crippen molar-refractivity contribution in [3.05, 3.63) is 41.7 Å². The summed E-state index contributed by atoms with van der Waals surface area (Å²) < 4.78 is 1.87. The number of pyridine rings is 1. The van der Waals surface area contributed by atoms with E-state index >= 15 is 0 Å². The van der Waals surface area contributed by atoms with Gasteiger partial charge >= 0.3 is 0 Å². The van der Waals surface area contributed by atoms with Gasteiger partial charge in [0.05, 0.1) is 6.04 Å². The van der Waals surface area contributed by atoms with Crippen LogP contribution in [0, 0.1) is 12.8 Å². The van der Waals surface area contributed by atoms with Crippen molar-refractivity contribution >= 4 is 11.8 Å². The first kappa shape index (κ1) is 16.7. The summed E-state index contributed by atoms with van der Waals surface area (Å²) in [5.41, 5.74) is 1.41. The van der Waals surface area contributed by atoms with Gasteiger partial charge in [0.1, 0.15) is 17.8 Å². The van der Waals surface area contributed by atoms with E-state index in [2.05, 4.69) is 20.4 Å². The van der Waals surface area contributed by atoms with Gasteiger partial charge in [-0.1, -0.05) is 0 Å². The predicted octanol–water partition coefficient (Wildman–Crippen LogP) is 0.575. The number of likely N-dealkylation sites (tertiary alicyclic amines) is 1. The Kier molecular flexibility index (Phi) is 4.40. The van der Waals surface area contributed by atoms with Crippen LogP contribution >= 0.6 is 0 Å². The van der Waals surface area contributed by atoms with Gasteiger partial charge in [-0.2, -0.15) is 5.10 Å². The molecule has 2 aliphatic rings. The minimum atomic E-state index is -0.196. The monoisotopic (exact) mass is 354 g/mol. The number of rotatable bonds is 4. The zero-order valence-corrected chi connectivity index (χ0v) is 14.8. The van der Waals surface area contributed by atoms with E-state index in [-0.39, 0.29) is 23.8 Å². The Morgan fingerprint density at radius 1 is 1.27 bits per heavy atom. The molecule has 0 saturated carbocycles. The lowest BCUT2D eigenvalue weighted by molar-refractivity contribution is -0.144. The van der Waals surface area contributed by atoms with Gasteiger partial charge in [-0.25, -0.2) is 4.98 Å². The van der Waals surface area contributed by atoms with Gasteiger partial charge in [0.2, 0.25) is 5.91 Å². The van der Waals surface area contributed by atoms with Crippen LogP contribution in [0.25, 0.3) is 0 Å². The second kappa shape index (κ2) is 6.86. The zero-order valence-electron chi connectivity index (χ0n) is 14.8. The number of amides is 2. The van der Waals surface area contributed by atoms with Crippen LogP contribution in [0.1, 0.15) is 34.7 Å². The first-order chi connectivity index (χ1) is 12.6. The topological polar surface area (TPSA) is 93.0 Å². The van der Waals surface area contributed by atoms with Gasteiger partial charge in [-0.15, -0.1) is 0 Å². The smallest absolute Gasteiger partial charge is 0.269 e. The van der Waals surface area contributed by atoms with Gasteiger partial charge in [0, 0.05) is 38.2 Å². The van der Waals surface area contributed by atoms with Crippen LogP contribution in [0.3, 0.4) is 0 Å². The molecule has 0 bridgehead atoms. The summed E-state index contributed by atoms with van der Waals surface area (Å²) in [6.07, 6.45) is 5.52. The van der Waals surface area contributed by atoms with Crippen molar-refractivity contribution in [3.63, 3.8) is 0 Å². The molecule has 2 amide bonds. The lowest BCUT2D eigenvalue weighted by Gasteiger charge is -2.43. The lowest BCUT2D eigenvalue weighted by Crippen LogP contribution is -2.58. The summed E-state index contributed by atoms with van der Waals surface area (Å²) in [7, 11) is 0. The van der Waals surface area contributed by atoms with E-state index in [1.807, 2.05) is 22.6 Å². The molecule has 2 aromatic heterocycles. The van der Waals surface area contributed by atoms with Crippen molar-refractivity contribution in [2.24, 2.45) is 5.92 Å². The molecule has 2 aromatic rings. The SMILES string of the molecule is Cc1ccnc(C(=O)NCC2CCN2C(=O)C2CCn3ncnc3C2)c1. The highest BCUT2D eigenvalue weighted by molar-refractivity contribution is 5.92. The maximum absolute atomic E-state index is 12.8. The highest BCUT2D eigenvalue weighted by Crippen LogP contribution is 2.25. The summed E-state index contributed by atoms with van der Waals surface area (Å²) in [6.45, 7) is 3.88. The molecule has 1 N–H and O–H groups in total. The third kappa shape index (κ3) is 3.18. The summed E-state index contributed by atoms with van der Waals surface area (Å²) in [6, 6.07) is 3.68. The van der Waals surface area contributed by atoms with Gasteiger partial charge in [0.25, 0.3) is 5.91 Å². The summed E-state index contributed by atoms with van der Waals surface area (Å²) in [5.74, 6) is 0.811. The third-order valence-electron chi connectivity index (χ3n) is 5.24. The molecule has 0 aromatic carbocycles. The number of nitrogens with one attached hydrogen (secondary N) is 1. The van der Waals surface area contributed by atoms with Crippen LogP contribution in [-0.2, 0) is 17.8 Å². The summed E-state index contributed by atoms with van der Waals surface area (Å²) >= 11 is 0. The van der Waals surface area contributed by atoms with E-state index in [1.54, 1.807) is 18.6 Å². The quantitative estimate of drug-likeness (QED) is 0.867. The van der Waals surface area contributed by atoms with Crippen LogP contribution in [0.5, 0.6) is 0 Å². The summed E-state index contributed by atoms with van der Waals surface area (Å²) in [5, 5.41) is 7.06. The molecule has 0 radical (unpaired) electrons. The Bertz CT molecular complexity index is 833. The molecule has 2 unspecified atom stereocenters. The minimum absolute atomic E-state index is 0.0383. The molecule has 2 atom stereocenters. The first-order valence-electron chi connectivity index (χ1n) is 9.00. The third-order valence-corrected chi connectivity index (χ3v) is 5.24. The van der Waals surface area contributed by atoms with Crippen molar-refractivity contribution in [1.82, 2.24) is 30.0 Å². The fourth-order valence-electron chi connectivity index (χ4n) is 3.58. The average molecular weight is 354 g/mol. The molecular formula is C18H22N6O2. The van der Waals surface area contributed by atoms with Crippen LogP contribution in [0.4, 0.5) is 0 Å². The molecule has 2 aliphatic heterocycles. The number of nitrogens with zero attached hydrogens (tertiary/aromatic N) is 5. The van der Waals surface area contributed by atoms with E-state index in [9.17, 15) is 9.59 Å². The number of fused-ring (bicyclic) bond motifs is 1. The fraction of sp³-hybridized carbons (Fsp3) is 0.500. The van der Waals surface area contributed by atoms with Crippen LogP contribution < -0.4 is 5.32 Å². The first-order valence-corrected chi connectivity index (χ1v) is 9.00. The van der Waals surface area contributed by atoms with Crippen LogP contribution in [0.15, 0.2) is 24.7 Å². The van der Waals surface area contributed by atoms with Crippen LogP contribution in [-0.4, -0.2) is 55.6 Å². The average Bonchev–Trinajstić information content (AvgIpc) is 3.08. The number of aromatic nitrogens is 4. The number of aryl methyl sites for hydroxylation is 2. The van der Waals surface area contributed by atoms with Crippen molar-refractivity contribution in [2.75, 3.05) is 13.1 Å². The Morgan fingerprint density at radius 3 is 2.92 bits per heavy atom. The lowest BCUT2D eigenvalue weighted by atomic mass is 9.92. The predicted molar refractivity (Wildman–Crippen MR) is 93.3 cm³/mol. The van der Waals surface area contributed by atoms with E-state index in [4.69, 9.17) is 0 Å². The molecule has 4 rings (SSSR count). The molecular weight excluding hydrogens is 332 g/mol. The van der Waals surface area contributed by atoms with Gasteiger partial charge in [0.15, 0.2) is 0 Å². The van der Waals surface area contributed by atoms with E-state index in [0.29, 0.717) is 18.7 Å². The minimum Gasteiger partial charge on any atom is -0.349 e. The Morgan fingerprint density at radius 2 is 2.15 bits per heavy atom. The normalized spacial score (nSPS) is 21.7. The molecule has 0 spiro atoms. The molecule has 1 fully saturated rings. The maximum atomic E-state index is 12.8. The fourth-order valence-corrected chi connectivity index (χ4v) is 3.58. The second-order valence-electron chi connectivity index (χ2n) is 6.99. The Hall–Kier alpha value is -2.77. The van der Waals surface area contributed by atoms with Crippen molar-refractivity contribution < 1.29 is 9.59 Å². The molecule has 0 aliphatic carbocycles. The molecule has 1 saturated heterocycles. The van der Waals surface area contributed by atoms with Crippen LogP contribution in [0.2, 0.25) is 0 Å².